The molecule has 0 aliphatic carbocycles. The summed E-state index contributed by atoms with van der Waals surface area (Å²) in [5, 5.41) is 0. The Kier molecular flexibility index (Phi) is 10.9. The molecular formula is C24H42N3O5PS. The first kappa shape index (κ1) is 28.1. The predicted molar refractivity (Wildman–Crippen MR) is 137 cm³/mol. The Balaban J connectivity index is 1.32. The number of ether oxygens (including phenoxy) is 2. The van der Waals surface area contributed by atoms with Gasteiger partial charge in [0.1, 0.15) is 12.4 Å². The lowest BCUT2D eigenvalue weighted by Crippen LogP contribution is -2.47. The van der Waals surface area contributed by atoms with E-state index in [4.69, 9.17) is 24.3 Å². The molecule has 0 saturated carbocycles. The second kappa shape index (κ2) is 13.2. The Labute approximate surface area is 209 Å². The molecule has 0 bridgehead atoms. The molecule has 10 heteroatoms. The van der Waals surface area contributed by atoms with Crippen LogP contribution in [0.1, 0.15) is 34.1 Å². The molecule has 8 nitrogen and oxygen atoms in total. The van der Waals surface area contributed by atoms with E-state index in [-0.39, 0.29) is 36.9 Å². The number of piperazine rings is 1. The summed E-state index contributed by atoms with van der Waals surface area (Å²) in [6.07, 6.45) is 0.993. The molecule has 2 aliphatic rings. The number of hydrogen-bond acceptors (Lipinski definition) is 9. The van der Waals surface area contributed by atoms with Crippen molar-refractivity contribution in [2.24, 2.45) is 11.1 Å². The average molecular weight is 516 g/mol. The molecule has 194 valence electrons. The van der Waals surface area contributed by atoms with E-state index in [2.05, 4.69) is 54.8 Å². The van der Waals surface area contributed by atoms with Gasteiger partial charge in [0.2, 0.25) is 0 Å². The normalized spacial score (nSPS) is 24.6. The van der Waals surface area contributed by atoms with Crippen LogP contribution >= 0.6 is 19.4 Å². The number of hydrogen-bond donors (Lipinski definition) is 1. The molecule has 0 amide bonds. The third kappa shape index (κ3) is 9.52. The molecule has 2 heterocycles. The van der Waals surface area contributed by atoms with E-state index < -0.39 is 7.60 Å². The highest BCUT2D eigenvalue weighted by atomic mass is 32.2. The van der Waals surface area contributed by atoms with E-state index >= 15 is 0 Å². The first-order chi connectivity index (χ1) is 16.2. The predicted octanol–water partition coefficient (Wildman–Crippen LogP) is 4.06. The molecular weight excluding hydrogens is 473 g/mol. The number of thioether (sulfide) groups is 1. The second-order valence-electron chi connectivity index (χ2n) is 10.0. The van der Waals surface area contributed by atoms with Gasteiger partial charge in [0, 0.05) is 42.9 Å². The summed E-state index contributed by atoms with van der Waals surface area (Å²) in [6, 6.07) is 10.6. The van der Waals surface area contributed by atoms with Crippen LogP contribution < -0.4 is 5.73 Å². The lowest BCUT2D eigenvalue weighted by Gasteiger charge is -2.36. The fourth-order valence-electron chi connectivity index (χ4n) is 3.88. The monoisotopic (exact) mass is 515 g/mol. The van der Waals surface area contributed by atoms with Gasteiger partial charge in [0.25, 0.3) is 0 Å². The van der Waals surface area contributed by atoms with Crippen LogP contribution in [0.25, 0.3) is 0 Å². The van der Waals surface area contributed by atoms with E-state index in [1.54, 1.807) is 0 Å². The molecule has 1 aromatic carbocycles. The highest BCUT2D eigenvalue weighted by Crippen LogP contribution is 2.49. The summed E-state index contributed by atoms with van der Waals surface area (Å²) in [5.74, 6) is 0.920. The van der Waals surface area contributed by atoms with Gasteiger partial charge in [-0.05, 0) is 37.4 Å². The molecule has 2 N–H and O–H groups in total. The largest absolute Gasteiger partial charge is 0.346 e. The van der Waals surface area contributed by atoms with E-state index in [0.29, 0.717) is 6.61 Å². The van der Waals surface area contributed by atoms with Crippen LogP contribution in [-0.4, -0.2) is 86.4 Å². The maximum Gasteiger partial charge on any atom is 0.346 e. The van der Waals surface area contributed by atoms with Crippen molar-refractivity contribution in [2.75, 3.05) is 58.2 Å². The van der Waals surface area contributed by atoms with Gasteiger partial charge in [-0.2, -0.15) is 0 Å². The average Bonchev–Trinajstić information content (AvgIpc) is 3.58. The molecule has 2 fully saturated rings. The number of benzene rings is 1. The summed E-state index contributed by atoms with van der Waals surface area (Å²) in [6.45, 7) is 12.9. The standard InChI is InChI=1S/C24H42N3O5PS/c1-5-30-33(28,31-19-29-23-22(32-23)24(2,3)4)18-27-15-13-26(14-16-27)12-11-20(25)17-34-21-9-7-6-8-10-21/h6-10,20,22-23H,5,11-19,25H2,1-4H3/t20-,22?,23?,33?/m1/s1. The van der Waals surface area contributed by atoms with Gasteiger partial charge in [-0.1, -0.05) is 39.0 Å². The van der Waals surface area contributed by atoms with Crippen LogP contribution in [0.3, 0.4) is 0 Å². The number of nitrogens with zero attached hydrogens (tertiary/aromatic N) is 2. The highest BCUT2D eigenvalue weighted by molar-refractivity contribution is 7.99. The van der Waals surface area contributed by atoms with Crippen molar-refractivity contribution < 1.29 is 23.1 Å². The van der Waals surface area contributed by atoms with Gasteiger partial charge < -0.3 is 24.6 Å². The zero-order chi connectivity index (χ0) is 24.6. The molecule has 3 unspecified atom stereocenters. The maximum atomic E-state index is 13.2. The summed E-state index contributed by atoms with van der Waals surface area (Å²) in [7, 11) is -3.26. The molecule has 0 aromatic heterocycles. The Morgan fingerprint density at radius 1 is 1.15 bits per heavy atom. The quantitative estimate of drug-likeness (QED) is 0.170. The summed E-state index contributed by atoms with van der Waals surface area (Å²) in [5.41, 5.74) is 6.35. The van der Waals surface area contributed by atoms with Gasteiger partial charge >= 0.3 is 7.60 Å². The zero-order valence-electron chi connectivity index (χ0n) is 21.1. The SMILES string of the molecule is CCOP(=O)(CN1CCN(CC[C@@H](N)CSc2ccccc2)CC1)OCOC1OC1C(C)(C)C. The molecule has 2 saturated heterocycles. The lowest BCUT2D eigenvalue weighted by molar-refractivity contribution is -0.0421. The summed E-state index contributed by atoms with van der Waals surface area (Å²) < 4.78 is 35.5. The third-order valence-electron chi connectivity index (χ3n) is 5.97. The van der Waals surface area contributed by atoms with Gasteiger partial charge in [-0.25, -0.2) is 0 Å². The molecule has 4 atom stereocenters. The Hall–Kier alpha value is -0.480. The second-order valence-corrected chi connectivity index (χ2v) is 13.1. The topological polar surface area (TPSA) is 89.8 Å². The molecule has 34 heavy (non-hydrogen) atoms. The van der Waals surface area contributed by atoms with E-state index in [1.807, 2.05) is 24.8 Å². The molecule has 1 aromatic rings. The lowest BCUT2D eigenvalue weighted by atomic mass is 9.92. The minimum absolute atomic E-state index is 0.0125. The first-order valence-corrected chi connectivity index (χ1v) is 14.9. The van der Waals surface area contributed by atoms with Crippen LogP contribution in [0.5, 0.6) is 0 Å². The van der Waals surface area contributed by atoms with Crippen molar-refractivity contribution in [3.05, 3.63) is 30.3 Å². The fraction of sp³-hybridized carbons (Fsp3) is 0.750. The highest BCUT2D eigenvalue weighted by Gasteiger charge is 2.48. The smallest absolute Gasteiger partial charge is 0.341 e. The molecule has 2 aliphatic heterocycles. The van der Waals surface area contributed by atoms with E-state index in [1.165, 1.54) is 4.90 Å². The van der Waals surface area contributed by atoms with Crippen molar-refractivity contribution in [1.82, 2.24) is 9.80 Å². The minimum atomic E-state index is -3.26. The van der Waals surface area contributed by atoms with Crippen LogP contribution in [0.4, 0.5) is 0 Å². The zero-order valence-corrected chi connectivity index (χ0v) is 22.8. The van der Waals surface area contributed by atoms with Gasteiger partial charge in [-0.3, -0.25) is 14.0 Å². The molecule has 3 rings (SSSR count). The van der Waals surface area contributed by atoms with Crippen LogP contribution in [0, 0.1) is 5.41 Å². The third-order valence-corrected chi connectivity index (χ3v) is 9.07. The van der Waals surface area contributed by atoms with E-state index in [9.17, 15) is 4.57 Å². The van der Waals surface area contributed by atoms with Crippen molar-refractivity contribution in [2.45, 2.75) is 57.4 Å². The minimum Gasteiger partial charge on any atom is -0.341 e. The van der Waals surface area contributed by atoms with E-state index in [0.717, 1.165) is 44.9 Å². The van der Waals surface area contributed by atoms with Crippen LogP contribution in [-0.2, 0) is 23.1 Å². The molecule has 0 radical (unpaired) electrons. The van der Waals surface area contributed by atoms with Gasteiger partial charge in [0.15, 0.2) is 13.1 Å². The van der Waals surface area contributed by atoms with Crippen LogP contribution in [0.2, 0.25) is 0 Å². The summed E-state index contributed by atoms with van der Waals surface area (Å²) >= 11 is 1.81. The Morgan fingerprint density at radius 3 is 2.44 bits per heavy atom. The van der Waals surface area contributed by atoms with Crippen LogP contribution in [0.15, 0.2) is 35.2 Å². The van der Waals surface area contributed by atoms with Crippen molar-refractivity contribution in [3.8, 4) is 0 Å². The summed E-state index contributed by atoms with van der Waals surface area (Å²) in [4.78, 5) is 5.84. The number of rotatable bonds is 14. The van der Waals surface area contributed by atoms with Crippen molar-refractivity contribution in [1.29, 1.82) is 0 Å². The number of epoxide rings is 1. The maximum absolute atomic E-state index is 13.2. The first-order valence-electron chi connectivity index (χ1n) is 12.2. The Bertz CT molecular complexity index is 774. The fourth-order valence-corrected chi connectivity index (χ4v) is 6.43. The van der Waals surface area contributed by atoms with Crippen molar-refractivity contribution >= 4 is 19.4 Å². The number of nitrogens with two attached hydrogens (primary N) is 1. The van der Waals surface area contributed by atoms with Gasteiger partial charge in [0.05, 0.1) is 6.61 Å². The van der Waals surface area contributed by atoms with Gasteiger partial charge in [-0.15, -0.1) is 11.8 Å². The Morgan fingerprint density at radius 2 is 1.82 bits per heavy atom. The van der Waals surface area contributed by atoms with Crippen molar-refractivity contribution in [3.63, 3.8) is 0 Å². The molecule has 0 spiro atoms.